The highest BCUT2D eigenvalue weighted by atomic mass is 16.5. The van der Waals surface area contributed by atoms with Gasteiger partial charge in [0, 0.05) is 0 Å². The second kappa shape index (κ2) is 5.00. The predicted molar refractivity (Wildman–Crippen MR) is 47.3 cm³/mol. The molecule has 62 valence electrons. The Morgan fingerprint density at radius 3 is 3.09 bits per heavy atom. The van der Waals surface area contributed by atoms with Crippen LogP contribution in [-0.4, -0.2) is 6.61 Å². The van der Waals surface area contributed by atoms with Crippen molar-refractivity contribution in [2.24, 2.45) is 0 Å². The van der Waals surface area contributed by atoms with Crippen LogP contribution in [-0.2, 0) is 4.74 Å². The fourth-order valence-electron chi connectivity index (χ4n) is 1.13. The predicted octanol–water partition coefficient (Wildman–Crippen LogP) is 3.04. The molecule has 0 aromatic heterocycles. The second-order valence-corrected chi connectivity index (χ2v) is 2.86. The Morgan fingerprint density at radius 2 is 2.45 bits per heavy atom. The Balaban J connectivity index is 2.22. The molecule has 1 aliphatic rings. The fraction of sp³-hybridized carbons (Fsp3) is 0.600. The quantitative estimate of drug-likeness (QED) is 0.343. The molecule has 0 bridgehead atoms. The van der Waals surface area contributed by atoms with E-state index in [4.69, 9.17) is 4.74 Å². The van der Waals surface area contributed by atoms with Crippen molar-refractivity contribution in [2.45, 2.75) is 32.6 Å². The summed E-state index contributed by atoms with van der Waals surface area (Å²) in [4.78, 5) is 0. The first-order valence-corrected chi connectivity index (χ1v) is 4.38. The van der Waals surface area contributed by atoms with E-state index in [9.17, 15) is 0 Å². The lowest BCUT2D eigenvalue weighted by molar-refractivity contribution is 0.245. The van der Waals surface area contributed by atoms with Crippen molar-refractivity contribution < 1.29 is 4.74 Å². The topological polar surface area (TPSA) is 9.23 Å². The van der Waals surface area contributed by atoms with Crippen molar-refractivity contribution in [1.82, 2.24) is 0 Å². The molecule has 0 fully saturated rings. The lowest BCUT2D eigenvalue weighted by Gasteiger charge is -2.07. The van der Waals surface area contributed by atoms with E-state index in [0.717, 1.165) is 19.4 Å². The SMILES string of the molecule is CCCOC=C1CC=CCC1. The Kier molecular flexibility index (Phi) is 3.81. The van der Waals surface area contributed by atoms with Gasteiger partial charge < -0.3 is 4.74 Å². The lowest BCUT2D eigenvalue weighted by Crippen LogP contribution is -1.91. The van der Waals surface area contributed by atoms with Gasteiger partial charge in [0.25, 0.3) is 0 Å². The Bertz CT molecular complexity index is 156. The first kappa shape index (κ1) is 8.38. The molecule has 0 aromatic carbocycles. The summed E-state index contributed by atoms with van der Waals surface area (Å²) in [6, 6.07) is 0. The molecule has 0 atom stereocenters. The molecular weight excluding hydrogens is 136 g/mol. The molecule has 0 spiro atoms. The normalized spacial score (nSPS) is 20.6. The van der Waals surface area contributed by atoms with Crippen LogP contribution in [0.15, 0.2) is 24.0 Å². The number of rotatable bonds is 3. The zero-order valence-corrected chi connectivity index (χ0v) is 7.18. The first-order valence-electron chi connectivity index (χ1n) is 4.38. The maximum Gasteiger partial charge on any atom is 0.0870 e. The maximum atomic E-state index is 5.33. The van der Waals surface area contributed by atoms with Crippen LogP contribution in [0.3, 0.4) is 0 Å². The summed E-state index contributed by atoms with van der Waals surface area (Å²) in [6.07, 6.45) is 10.9. The third kappa shape index (κ3) is 3.26. The molecule has 0 aliphatic heterocycles. The molecule has 1 nitrogen and oxygen atoms in total. The van der Waals surface area contributed by atoms with Gasteiger partial charge in [0.1, 0.15) is 0 Å². The van der Waals surface area contributed by atoms with Crippen LogP contribution in [0.25, 0.3) is 0 Å². The number of hydrogen-bond acceptors (Lipinski definition) is 1. The van der Waals surface area contributed by atoms with Gasteiger partial charge in [-0.15, -0.1) is 0 Å². The minimum Gasteiger partial charge on any atom is -0.501 e. The van der Waals surface area contributed by atoms with Gasteiger partial charge in [-0.1, -0.05) is 19.1 Å². The summed E-state index contributed by atoms with van der Waals surface area (Å²) < 4.78 is 5.33. The summed E-state index contributed by atoms with van der Waals surface area (Å²) in [6.45, 7) is 2.98. The van der Waals surface area contributed by atoms with Crippen LogP contribution >= 0.6 is 0 Å². The number of ether oxygens (including phenoxy) is 1. The van der Waals surface area contributed by atoms with E-state index in [1.165, 1.54) is 18.4 Å². The summed E-state index contributed by atoms with van der Waals surface area (Å²) in [5.74, 6) is 0. The van der Waals surface area contributed by atoms with Gasteiger partial charge in [0.15, 0.2) is 0 Å². The average molecular weight is 152 g/mol. The lowest BCUT2D eigenvalue weighted by atomic mass is 10.0. The molecule has 11 heavy (non-hydrogen) atoms. The van der Waals surface area contributed by atoms with Crippen LogP contribution in [0, 0.1) is 0 Å². The third-order valence-electron chi connectivity index (χ3n) is 1.75. The molecule has 0 unspecified atom stereocenters. The largest absolute Gasteiger partial charge is 0.501 e. The van der Waals surface area contributed by atoms with Crippen LogP contribution in [0.1, 0.15) is 32.6 Å². The molecular formula is C10H16O. The van der Waals surface area contributed by atoms with E-state index in [1.807, 2.05) is 6.26 Å². The highest BCUT2D eigenvalue weighted by Gasteiger charge is 1.98. The van der Waals surface area contributed by atoms with Crippen LogP contribution in [0.2, 0.25) is 0 Å². The average Bonchev–Trinajstić information content (AvgIpc) is 2.07. The van der Waals surface area contributed by atoms with Crippen molar-refractivity contribution >= 4 is 0 Å². The van der Waals surface area contributed by atoms with E-state index >= 15 is 0 Å². The second-order valence-electron chi connectivity index (χ2n) is 2.86. The Morgan fingerprint density at radius 1 is 1.55 bits per heavy atom. The fourth-order valence-corrected chi connectivity index (χ4v) is 1.13. The molecule has 1 heteroatoms. The van der Waals surface area contributed by atoms with E-state index < -0.39 is 0 Å². The van der Waals surface area contributed by atoms with Gasteiger partial charge in [0.05, 0.1) is 12.9 Å². The zero-order valence-electron chi connectivity index (χ0n) is 7.18. The monoisotopic (exact) mass is 152 g/mol. The molecule has 0 radical (unpaired) electrons. The summed E-state index contributed by atoms with van der Waals surface area (Å²) >= 11 is 0. The van der Waals surface area contributed by atoms with Gasteiger partial charge >= 0.3 is 0 Å². The number of allylic oxidation sites excluding steroid dienone is 3. The minimum atomic E-state index is 0.854. The minimum absolute atomic E-state index is 0.854. The third-order valence-corrected chi connectivity index (χ3v) is 1.75. The van der Waals surface area contributed by atoms with Gasteiger partial charge in [-0.25, -0.2) is 0 Å². The van der Waals surface area contributed by atoms with Crippen molar-refractivity contribution in [3.8, 4) is 0 Å². The Labute approximate surface area is 68.8 Å². The zero-order chi connectivity index (χ0) is 7.94. The molecule has 0 saturated carbocycles. The Hall–Kier alpha value is -0.720. The van der Waals surface area contributed by atoms with Crippen molar-refractivity contribution in [2.75, 3.05) is 6.61 Å². The van der Waals surface area contributed by atoms with Gasteiger partial charge in [-0.3, -0.25) is 0 Å². The highest BCUT2D eigenvalue weighted by Crippen LogP contribution is 2.16. The summed E-state index contributed by atoms with van der Waals surface area (Å²) in [7, 11) is 0. The molecule has 0 heterocycles. The van der Waals surface area contributed by atoms with E-state index in [2.05, 4.69) is 19.1 Å². The van der Waals surface area contributed by atoms with Crippen molar-refractivity contribution in [3.63, 3.8) is 0 Å². The standard InChI is InChI=1S/C10H16O/c1-2-8-11-9-10-6-4-3-5-7-10/h3-4,9H,2,5-8H2,1H3. The van der Waals surface area contributed by atoms with Gasteiger partial charge in [0.2, 0.25) is 0 Å². The molecule has 0 amide bonds. The molecule has 0 saturated heterocycles. The maximum absolute atomic E-state index is 5.33. The molecule has 1 aliphatic carbocycles. The van der Waals surface area contributed by atoms with Crippen LogP contribution < -0.4 is 0 Å². The van der Waals surface area contributed by atoms with Gasteiger partial charge in [-0.2, -0.15) is 0 Å². The highest BCUT2D eigenvalue weighted by molar-refractivity contribution is 5.10. The summed E-state index contributed by atoms with van der Waals surface area (Å²) in [5.41, 5.74) is 1.43. The molecule has 0 aromatic rings. The van der Waals surface area contributed by atoms with E-state index in [1.54, 1.807) is 0 Å². The summed E-state index contributed by atoms with van der Waals surface area (Å²) in [5, 5.41) is 0. The molecule has 0 N–H and O–H groups in total. The van der Waals surface area contributed by atoms with Crippen molar-refractivity contribution in [3.05, 3.63) is 24.0 Å². The smallest absolute Gasteiger partial charge is 0.0870 e. The van der Waals surface area contributed by atoms with Crippen LogP contribution in [0.4, 0.5) is 0 Å². The van der Waals surface area contributed by atoms with Crippen molar-refractivity contribution in [1.29, 1.82) is 0 Å². The molecule has 1 rings (SSSR count). The first-order chi connectivity index (χ1) is 5.43. The van der Waals surface area contributed by atoms with Crippen LogP contribution in [0.5, 0.6) is 0 Å². The van der Waals surface area contributed by atoms with E-state index in [-0.39, 0.29) is 0 Å². The van der Waals surface area contributed by atoms with Gasteiger partial charge in [-0.05, 0) is 31.3 Å². The van der Waals surface area contributed by atoms with E-state index in [0.29, 0.717) is 0 Å². The number of hydrogen-bond donors (Lipinski definition) is 0.